The normalized spacial score (nSPS) is 11.8. The number of aromatic nitrogens is 7. The Balaban J connectivity index is 1.51. The molecule has 170 valence electrons. The van der Waals surface area contributed by atoms with Gasteiger partial charge in [-0.3, -0.25) is 14.8 Å². The molecule has 0 saturated carbocycles. The Kier molecular flexibility index (Phi) is 6.64. The van der Waals surface area contributed by atoms with E-state index in [1.54, 1.807) is 43.2 Å². The van der Waals surface area contributed by atoms with Gasteiger partial charge < -0.3 is 10.6 Å². The first-order valence-corrected chi connectivity index (χ1v) is 10.2. The van der Waals surface area contributed by atoms with Crippen LogP contribution in [0.15, 0.2) is 48.7 Å². The minimum Gasteiger partial charge on any atom is -0.373 e. The third-order valence-electron chi connectivity index (χ3n) is 5.01. The van der Waals surface area contributed by atoms with Crippen molar-refractivity contribution in [3.8, 4) is 11.3 Å². The van der Waals surface area contributed by atoms with Crippen LogP contribution in [0.25, 0.3) is 11.3 Å². The average molecular weight is 450 g/mol. The van der Waals surface area contributed by atoms with E-state index < -0.39 is 6.04 Å². The Morgan fingerprint density at radius 2 is 2.03 bits per heavy atom. The van der Waals surface area contributed by atoms with E-state index >= 15 is 0 Å². The average Bonchev–Trinajstić information content (AvgIpc) is 3.48. The molecule has 0 spiro atoms. The van der Waals surface area contributed by atoms with Crippen LogP contribution >= 0.6 is 0 Å². The summed E-state index contributed by atoms with van der Waals surface area (Å²) in [6.45, 7) is 0.232. The van der Waals surface area contributed by atoms with Crippen LogP contribution in [0.3, 0.4) is 0 Å². The smallest absolute Gasteiger partial charge is 0.243 e. The third kappa shape index (κ3) is 5.54. The van der Waals surface area contributed by atoms with Gasteiger partial charge in [-0.15, -0.1) is 10.2 Å². The van der Waals surface area contributed by atoms with Crippen molar-refractivity contribution in [1.82, 2.24) is 40.7 Å². The molecule has 1 aromatic carbocycles. The number of carbonyl (C=O) groups is 1. The minimum absolute atomic E-state index is 0.232. The Morgan fingerprint density at radius 1 is 1.21 bits per heavy atom. The zero-order valence-electron chi connectivity index (χ0n) is 18.1. The van der Waals surface area contributed by atoms with Crippen molar-refractivity contribution in [1.29, 1.82) is 0 Å². The van der Waals surface area contributed by atoms with Crippen molar-refractivity contribution in [2.24, 2.45) is 7.05 Å². The van der Waals surface area contributed by atoms with Crippen molar-refractivity contribution >= 4 is 17.5 Å². The number of tetrazole rings is 1. The lowest BCUT2D eigenvalue weighted by molar-refractivity contribution is -0.118. The molecule has 0 radical (unpaired) electrons. The molecule has 33 heavy (non-hydrogen) atoms. The molecular formula is C21H23FN10O. The predicted molar refractivity (Wildman–Crippen MR) is 120 cm³/mol. The number of H-pyrrole nitrogens is 1. The number of hydrogen-bond acceptors (Lipinski definition) is 8. The number of aryl methyl sites for hydroxylation is 1. The standard InChI is InChI=1S/C21H23FN10O/c1-23-18-10-14(7-8-24-18)16-11-20(32(2)29-16)26-21(33)17(25-12-19-27-30-31-28-19)9-13-3-5-15(22)6-4-13/h3-8,10-11,17,25H,9,12H2,1-2H3,(H,23,24)(H,26,33)(H,27,28,30,31)/t17-/m0/s1. The molecule has 12 heteroatoms. The van der Waals surface area contributed by atoms with E-state index in [4.69, 9.17) is 0 Å². The van der Waals surface area contributed by atoms with E-state index in [1.807, 2.05) is 12.1 Å². The van der Waals surface area contributed by atoms with Crippen molar-refractivity contribution in [2.45, 2.75) is 19.0 Å². The molecular weight excluding hydrogens is 427 g/mol. The maximum absolute atomic E-state index is 13.3. The molecule has 0 fully saturated rings. The lowest BCUT2D eigenvalue weighted by Crippen LogP contribution is -2.42. The number of halogens is 1. The number of benzene rings is 1. The van der Waals surface area contributed by atoms with E-state index in [9.17, 15) is 9.18 Å². The topological polar surface area (TPSA) is 138 Å². The first-order valence-electron chi connectivity index (χ1n) is 10.2. The predicted octanol–water partition coefficient (Wildman–Crippen LogP) is 1.52. The van der Waals surface area contributed by atoms with Gasteiger partial charge in [0.25, 0.3) is 0 Å². The number of aromatic amines is 1. The molecule has 11 nitrogen and oxygen atoms in total. The van der Waals surface area contributed by atoms with E-state index in [-0.39, 0.29) is 18.3 Å². The van der Waals surface area contributed by atoms with Crippen LogP contribution in [0.4, 0.5) is 16.0 Å². The van der Waals surface area contributed by atoms with Crippen molar-refractivity contribution in [3.05, 3.63) is 65.9 Å². The van der Waals surface area contributed by atoms with Gasteiger partial charge in [-0.2, -0.15) is 10.3 Å². The maximum Gasteiger partial charge on any atom is 0.243 e. The number of anilines is 2. The molecule has 0 unspecified atom stereocenters. The summed E-state index contributed by atoms with van der Waals surface area (Å²) in [6, 6.07) is 10.9. The lowest BCUT2D eigenvalue weighted by Gasteiger charge is -2.18. The lowest BCUT2D eigenvalue weighted by atomic mass is 10.0. The van der Waals surface area contributed by atoms with Crippen LogP contribution in [0, 0.1) is 5.82 Å². The number of pyridine rings is 1. The van der Waals surface area contributed by atoms with Gasteiger partial charge >= 0.3 is 0 Å². The zero-order valence-corrected chi connectivity index (χ0v) is 18.1. The van der Waals surface area contributed by atoms with Crippen LogP contribution in [0.5, 0.6) is 0 Å². The maximum atomic E-state index is 13.3. The van der Waals surface area contributed by atoms with Gasteiger partial charge in [0.1, 0.15) is 17.5 Å². The first kappa shape index (κ1) is 22.0. The summed E-state index contributed by atoms with van der Waals surface area (Å²) >= 11 is 0. The van der Waals surface area contributed by atoms with Crippen LogP contribution in [0.1, 0.15) is 11.4 Å². The van der Waals surface area contributed by atoms with Crippen LogP contribution in [-0.4, -0.2) is 54.4 Å². The fourth-order valence-electron chi connectivity index (χ4n) is 3.25. The molecule has 3 aromatic heterocycles. The van der Waals surface area contributed by atoms with Gasteiger partial charge in [0, 0.05) is 31.9 Å². The SMILES string of the molecule is CNc1cc(-c2cc(NC(=O)[C@H](Cc3ccc(F)cc3)NCc3nn[nH]n3)n(C)n2)ccn1. The van der Waals surface area contributed by atoms with Gasteiger partial charge in [-0.05, 0) is 36.2 Å². The molecule has 0 aliphatic carbocycles. The van der Waals surface area contributed by atoms with Gasteiger partial charge in [0.15, 0.2) is 5.82 Å². The molecule has 4 aromatic rings. The molecule has 4 N–H and O–H groups in total. The second kappa shape index (κ2) is 9.96. The largest absolute Gasteiger partial charge is 0.373 e. The summed E-state index contributed by atoms with van der Waals surface area (Å²) in [6.07, 6.45) is 2.03. The Bertz CT molecular complexity index is 1210. The van der Waals surface area contributed by atoms with Crippen LogP contribution in [0.2, 0.25) is 0 Å². The van der Waals surface area contributed by atoms with E-state index in [0.29, 0.717) is 29.6 Å². The zero-order chi connectivity index (χ0) is 23.2. The minimum atomic E-state index is -0.635. The summed E-state index contributed by atoms with van der Waals surface area (Å²) < 4.78 is 14.9. The van der Waals surface area contributed by atoms with E-state index in [1.165, 1.54) is 12.1 Å². The van der Waals surface area contributed by atoms with Crippen LogP contribution < -0.4 is 16.0 Å². The van der Waals surface area contributed by atoms with Gasteiger partial charge in [0.05, 0.1) is 18.3 Å². The highest BCUT2D eigenvalue weighted by Crippen LogP contribution is 2.23. The van der Waals surface area contributed by atoms with E-state index in [2.05, 4.69) is 46.7 Å². The van der Waals surface area contributed by atoms with Crippen molar-refractivity contribution < 1.29 is 9.18 Å². The fraction of sp³-hybridized carbons (Fsp3) is 0.238. The number of amides is 1. The molecule has 0 saturated heterocycles. The quantitative estimate of drug-likeness (QED) is 0.301. The van der Waals surface area contributed by atoms with Gasteiger partial charge in [-0.25, -0.2) is 9.37 Å². The third-order valence-corrected chi connectivity index (χ3v) is 5.01. The molecule has 0 aliphatic heterocycles. The highest BCUT2D eigenvalue weighted by atomic mass is 19.1. The Hall–Kier alpha value is -4.19. The van der Waals surface area contributed by atoms with Gasteiger partial charge in [0.2, 0.25) is 5.91 Å². The molecule has 3 heterocycles. The monoisotopic (exact) mass is 450 g/mol. The summed E-state index contributed by atoms with van der Waals surface area (Å²) in [5, 5.41) is 27.3. The van der Waals surface area contributed by atoms with Crippen molar-refractivity contribution in [3.63, 3.8) is 0 Å². The second-order valence-corrected chi connectivity index (χ2v) is 7.30. The molecule has 1 amide bonds. The van der Waals surface area contributed by atoms with Gasteiger partial charge in [-0.1, -0.05) is 17.3 Å². The molecule has 0 bridgehead atoms. The number of hydrogen-bond donors (Lipinski definition) is 4. The highest BCUT2D eigenvalue weighted by Gasteiger charge is 2.21. The Morgan fingerprint density at radius 3 is 2.76 bits per heavy atom. The van der Waals surface area contributed by atoms with E-state index in [0.717, 1.165) is 11.1 Å². The second-order valence-electron chi connectivity index (χ2n) is 7.30. The van der Waals surface area contributed by atoms with Crippen LogP contribution in [-0.2, 0) is 24.8 Å². The number of nitrogens with one attached hydrogen (secondary N) is 4. The molecule has 0 aliphatic rings. The Labute approximate surface area is 188 Å². The molecule has 1 atom stereocenters. The highest BCUT2D eigenvalue weighted by molar-refractivity contribution is 5.94. The number of nitrogens with zero attached hydrogens (tertiary/aromatic N) is 6. The number of carbonyl (C=O) groups excluding carboxylic acids is 1. The summed E-state index contributed by atoms with van der Waals surface area (Å²) in [5.74, 6) is 1.06. The first-order chi connectivity index (χ1) is 16.0. The summed E-state index contributed by atoms with van der Waals surface area (Å²) in [4.78, 5) is 17.4. The number of rotatable bonds is 9. The molecule has 4 rings (SSSR count). The van der Waals surface area contributed by atoms with Crippen molar-refractivity contribution in [2.75, 3.05) is 17.7 Å². The summed E-state index contributed by atoms with van der Waals surface area (Å²) in [7, 11) is 3.54. The summed E-state index contributed by atoms with van der Waals surface area (Å²) in [5.41, 5.74) is 2.37. The fourth-order valence-corrected chi connectivity index (χ4v) is 3.25.